The summed E-state index contributed by atoms with van der Waals surface area (Å²) in [5, 5.41) is 33.0. The van der Waals surface area contributed by atoms with Gasteiger partial charge >= 0.3 is 0 Å². The van der Waals surface area contributed by atoms with Crippen molar-refractivity contribution in [1.82, 2.24) is 0 Å². The van der Waals surface area contributed by atoms with Crippen molar-refractivity contribution in [3.8, 4) is 0 Å². The fraction of sp³-hybridized carbons (Fsp3) is 1.00. The molecule has 0 spiro atoms. The van der Waals surface area contributed by atoms with E-state index in [1.54, 1.807) is 7.11 Å². The van der Waals surface area contributed by atoms with Crippen LogP contribution in [0.15, 0.2) is 5.11 Å². The van der Waals surface area contributed by atoms with Gasteiger partial charge in [-0.3, -0.25) is 0 Å². The van der Waals surface area contributed by atoms with Crippen LogP contribution in [0.1, 0.15) is 96.8 Å². The van der Waals surface area contributed by atoms with Crippen molar-refractivity contribution >= 4 is 0 Å². The predicted octanol–water partition coefficient (Wildman–Crippen LogP) is 4.63. The Kier molecular flexibility index (Phi) is 20.3. The van der Waals surface area contributed by atoms with E-state index < -0.39 is 37.3 Å². The van der Waals surface area contributed by atoms with Crippen molar-refractivity contribution in [2.45, 2.75) is 134 Å². The molecular formula is C26H51N3O7. The van der Waals surface area contributed by atoms with Gasteiger partial charge in [0, 0.05) is 18.6 Å². The van der Waals surface area contributed by atoms with Crippen LogP contribution in [0.4, 0.5) is 0 Å². The van der Waals surface area contributed by atoms with Gasteiger partial charge < -0.3 is 34.3 Å². The molecule has 0 aromatic heterocycles. The van der Waals surface area contributed by atoms with Crippen LogP contribution in [-0.2, 0) is 18.9 Å². The number of rotatable bonds is 23. The van der Waals surface area contributed by atoms with E-state index in [1.165, 1.54) is 77.0 Å². The van der Waals surface area contributed by atoms with Crippen LogP contribution >= 0.6 is 0 Å². The quantitative estimate of drug-likeness (QED) is 0.0774. The number of hydrogen-bond acceptors (Lipinski definition) is 8. The van der Waals surface area contributed by atoms with Crippen LogP contribution in [0.2, 0.25) is 0 Å². The van der Waals surface area contributed by atoms with Gasteiger partial charge in [0.1, 0.15) is 24.4 Å². The molecule has 0 saturated carbocycles. The molecule has 212 valence electrons. The highest BCUT2D eigenvalue weighted by Gasteiger charge is 2.44. The van der Waals surface area contributed by atoms with E-state index >= 15 is 0 Å². The number of methoxy groups -OCH3 is 1. The molecular weight excluding hydrogens is 466 g/mol. The summed E-state index contributed by atoms with van der Waals surface area (Å²) in [6.07, 6.45) is 13.1. The summed E-state index contributed by atoms with van der Waals surface area (Å²) >= 11 is 0. The third-order valence-corrected chi connectivity index (χ3v) is 6.76. The SMILES string of the molecule is CCCCCCCCCCCCCCCCOC[C@@H](CO[C@@H]1O[C@H](CO)[C@@H](O)[C@H](O)[C@H]1N=[N+]=[N-])OC. The van der Waals surface area contributed by atoms with Gasteiger partial charge in [-0.15, -0.1) is 0 Å². The summed E-state index contributed by atoms with van der Waals surface area (Å²) in [6.45, 7) is 2.82. The van der Waals surface area contributed by atoms with Crippen LogP contribution in [0.3, 0.4) is 0 Å². The van der Waals surface area contributed by atoms with Crippen molar-refractivity contribution in [3.63, 3.8) is 0 Å². The van der Waals surface area contributed by atoms with Crippen molar-refractivity contribution in [3.05, 3.63) is 10.4 Å². The maximum Gasteiger partial charge on any atom is 0.169 e. The van der Waals surface area contributed by atoms with E-state index in [-0.39, 0.29) is 12.7 Å². The summed E-state index contributed by atoms with van der Waals surface area (Å²) in [7, 11) is 1.55. The van der Waals surface area contributed by atoms with Gasteiger partial charge in [0.2, 0.25) is 0 Å². The molecule has 10 heteroatoms. The summed E-state index contributed by atoms with van der Waals surface area (Å²) in [4.78, 5) is 2.69. The third kappa shape index (κ3) is 14.1. The second-order valence-electron chi connectivity index (χ2n) is 9.76. The molecule has 0 aliphatic carbocycles. The lowest BCUT2D eigenvalue weighted by Crippen LogP contribution is -2.58. The van der Waals surface area contributed by atoms with E-state index in [0.717, 1.165) is 12.8 Å². The van der Waals surface area contributed by atoms with Gasteiger partial charge in [-0.2, -0.15) is 0 Å². The monoisotopic (exact) mass is 517 g/mol. The number of aliphatic hydroxyl groups excluding tert-OH is 3. The maximum atomic E-state index is 10.2. The number of unbranched alkanes of at least 4 members (excludes halogenated alkanes) is 13. The first-order chi connectivity index (χ1) is 17.6. The Morgan fingerprint density at radius 1 is 0.861 bits per heavy atom. The highest BCUT2D eigenvalue weighted by Crippen LogP contribution is 2.25. The molecule has 0 radical (unpaired) electrons. The Hall–Kier alpha value is -0.970. The number of hydrogen-bond donors (Lipinski definition) is 3. The summed E-state index contributed by atoms with van der Waals surface area (Å²) in [5.41, 5.74) is 8.76. The maximum absolute atomic E-state index is 10.2. The van der Waals surface area contributed by atoms with Crippen molar-refractivity contribution in [1.29, 1.82) is 0 Å². The normalized spacial score (nSPS) is 25.0. The van der Waals surface area contributed by atoms with Crippen LogP contribution in [0, 0.1) is 0 Å². The Balaban J connectivity index is 2.07. The number of azide groups is 1. The smallest absolute Gasteiger partial charge is 0.169 e. The standard InChI is InChI=1S/C26H51N3O7/c1-3-4-5-6-7-8-9-10-11-12-13-14-15-16-17-34-19-21(33-2)20-35-26-23(28-29-27)25(32)24(31)22(18-30)36-26/h21-26,30-32H,3-20H2,1-2H3/t21-,22+,23+,24+,25+,26+/m0/s1. The molecule has 3 N–H and O–H groups in total. The van der Waals surface area contributed by atoms with Crippen molar-refractivity contribution in [2.75, 3.05) is 33.5 Å². The van der Waals surface area contributed by atoms with Crippen LogP contribution in [0.25, 0.3) is 10.4 Å². The second kappa shape index (κ2) is 22.1. The van der Waals surface area contributed by atoms with Gasteiger partial charge in [-0.25, -0.2) is 0 Å². The molecule has 0 aromatic rings. The van der Waals surface area contributed by atoms with Crippen LogP contribution in [0.5, 0.6) is 0 Å². The number of nitrogens with zero attached hydrogens (tertiary/aromatic N) is 3. The Morgan fingerprint density at radius 3 is 1.92 bits per heavy atom. The Morgan fingerprint density at radius 2 is 1.42 bits per heavy atom. The lowest BCUT2D eigenvalue weighted by Gasteiger charge is -2.40. The minimum Gasteiger partial charge on any atom is -0.394 e. The average molecular weight is 518 g/mol. The summed E-state index contributed by atoms with van der Waals surface area (Å²) in [6, 6.07) is -1.14. The van der Waals surface area contributed by atoms with E-state index in [1.807, 2.05) is 0 Å². The largest absolute Gasteiger partial charge is 0.394 e. The van der Waals surface area contributed by atoms with E-state index in [0.29, 0.717) is 13.2 Å². The minimum atomic E-state index is -1.41. The summed E-state index contributed by atoms with van der Waals surface area (Å²) < 4.78 is 22.2. The highest BCUT2D eigenvalue weighted by molar-refractivity contribution is 4.93. The number of aliphatic hydroxyl groups is 3. The molecule has 1 aliphatic rings. The van der Waals surface area contributed by atoms with E-state index in [9.17, 15) is 15.3 Å². The van der Waals surface area contributed by atoms with Crippen LogP contribution in [-0.4, -0.2) is 85.6 Å². The minimum absolute atomic E-state index is 0.0817. The summed E-state index contributed by atoms with van der Waals surface area (Å²) in [5.74, 6) is 0. The fourth-order valence-corrected chi connectivity index (χ4v) is 4.39. The zero-order valence-corrected chi connectivity index (χ0v) is 22.5. The molecule has 1 fully saturated rings. The molecule has 6 atom stereocenters. The van der Waals surface area contributed by atoms with Gasteiger partial charge in [-0.1, -0.05) is 95.5 Å². The molecule has 1 rings (SSSR count). The fourth-order valence-electron chi connectivity index (χ4n) is 4.39. The molecule has 1 aliphatic heterocycles. The first kappa shape index (κ1) is 33.1. The second-order valence-corrected chi connectivity index (χ2v) is 9.76. The number of ether oxygens (including phenoxy) is 4. The van der Waals surface area contributed by atoms with Gasteiger partial charge in [-0.05, 0) is 12.0 Å². The van der Waals surface area contributed by atoms with E-state index in [2.05, 4.69) is 16.9 Å². The van der Waals surface area contributed by atoms with Gasteiger partial charge in [0.25, 0.3) is 0 Å². The zero-order chi connectivity index (χ0) is 26.4. The Bertz CT molecular complexity index is 566. The van der Waals surface area contributed by atoms with Gasteiger partial charge in [0.15, 0.2) is 6.29 Å². The molecule has 0 amide bonds. The molecule has 1 heterocycles. The zero-order valence-electron chi connectivity index (χ0n) is 22.5. The van der Waals surface area contributed by atoms with Crippen molar-refractivity contribution < 1.29 is 34.3 Å². The molecule has 0 bridgehead atoms. The van der Waals surface area contributed by atoms with Gasteiger partial charge in [0.05, 0.1) is 25.9 Å². The lowest BCUT2D eigenvalue weighted by molar-refractivity contribution is -0.271. The highest BCUT2D eigenvalue weighted by atomic mass is 16.7. The predicted molar refractivity (Wildman–Crippen MR) is 139 cm³/mol. The van der Waals surface area contributed by atoms with Crippen molar-refractivity contribution in [2.24, 2.45) is 5.11 Å². The molecule has 0 unspecified atom stereocenters. The van der Waals surface area contributed by atoms with Crippen LogP contribution < -0.4 is 0 Å². The molecule has 36 heavy (non-hydrogen) atoms. The average Bonchev–Trinajstić information content (AvgIpc) is 2.89. The molecule has 10 nitrogen and oxygen atoms in total. The first-order valence-electron chi connectivity index (χ1n) is 14.0. The molecule has 0 aromatic carbocycles. The topological polar surface area (TPSA) is 146 Å². The van der Waals surface area contributed by atoms with E-state index in [4.69, 9.17) is 24.5 Å². The molecule has 1 saturated heterocycles. The lowest BCUT2D eigenvalue weighted by atomic mass is 9.98. The first-order valence-corrected chi connectivity index (χ1v) is 14.0. The Labute approximate surface area is 217 Å². The third-order valence-electron chi connectivity index (χ3n) is 6.76.